The summed E-state index contributed by atoms with van der Waals surface area (Å²) in [4.78, 5) is 46.0. The lowest BCUT2D eigenvalue weighted by atomic mass is 9.92. The second-order valence-corrected chi connectivity index (χ2v) is 6.98. The molecule has 0 bridgehead atoms. The molecule has 1 aliphatic heterocycles. The van der Waals surface area contributed by atoms with Gasteiger partial charge in [0.1, 0.15) is 11.5 Å². The maximum Gasteiger partial charge on any atom is 0.319 e. The fraction of sp³-hybridized carbons (Fsp3) is 0.136. The summed E-state index contributed by atoms with van der Waals surface area (Å²) in [6, 6.07) is 12.0. The number of carbonyl (C=O) groups excluding carboxylic acids is 2. The standard InChI is InChI=1S/C22H16FN3O4/c1-26(11-12-5-3-2-4-6-12)21(28)14-7-13-8-16(23)17-19(18(13)24-9-14)25-10-15(20(17)27)22(29)30/h2-10,15H,11H2,1H3,(H,29,30). The van der Waals surface area contributed by atoms with Crippen LogP contribution in [0.25, 0.3) is 10.9 Å². The van der Waals surface area contributed by atoms with Crippen LogP contribution in [0.2, 0.25) is 0 Å². The first-order valence-electron chi connectivity index (χ1n) is 9.09. The molecule has 7 nitrogen and oxygen atoms in total. The molecule has 0 saturated heterocycles. The summed E-state index contributed by atoms with van der Waals surface area (Å²) in [5, 5.41) is 9.40. The monoisotopic (exact) mass is 405 g/mol. The molecule has 1 unspecified atom stereocenters. The average molecular weight is 405 g/mol. The molecule has 1 atom stereocenters. The molecule has 1 aliphatic rings. The number of aliphatic imine (C=N–C) groups is 1. The van der Waals surface area contributed by atoms with Gasteiger partial charge in [-0.15, -0.1) is 0 Å². The first-order valence-corrected chi connectivity index (χ1v) is 9.09. The van der Waals surface area contributed by atoms with Crippen LogP contribution in [0.1, 0.15) is 26.3 Å². The Morgan fingerprint density at radius 1 is 1.20 bits per heavy atom. The van der Waals surface area contributed by atoms with Gasteiger partial charge in [0.15, 0.2) is 11.7 Å². The van der Waals surface area contributed by atoms with Crippen LogP contribution in [0, 0.1) is 11.7 Å². The fourth-order valence-electron chi connectivity index (χ4n) is 3.40. The third-order valence-electron chi connectivity index (χ3n) is 4.90. The van der Waals surface area contributed by atoms with Crippen LogP contribution >= 0.6 is 0 Å². The molecule has 0 spiro atoms. The fourth-order valence-corrected chi connectivity index (χ4v) is 3.40. The van der Waals surface area contributed by atoms with Gasteiger partial charge in [0, 0.05) is 31.4 Å². The van der Waals surface area contributed by atoms with Crippen LogP contribution in [0.5, 0.6) is 0 Å². The van der Waals surface area contributed by atoms with Crippen LogP contribution in [0.15, 0.2) is 53.7 Å². The second kappa shape index (κ2) is 7.47. The number of hydrogen-bond donors (Lipinski definition) is 1. The van der Waals surface area contributed by atoms with Gasteiger partial charge in [-0.05, 0) is 17.7 Å². The number of aliphatic carboxylic acids is 1. The molecule has 1 N–H and O–H groups in total. The largest absolute Gasteiger partial charge is 0.480 e. The number of Topliss-reactive ketones (excluding diaryl/α,β-unsaturated/α-hetero) is 1. The SMILES string of the molecule is CN(Cc1ccccc1)C(=O)c1cnc2c3c(c(F)cc2c1)C(=O)C(C(=O)O)C=N3. The number of pyridine rings is 1. The van der Waals surface area contributed by atoms with Gasteiger partial charge >= 0.3 is 5.97 Å². The molecule has 0 fully saturated rings. The second-order valence-electron chi connectivity index (χ2n) is 6.98. The van der Waals surface area contributed by atoms with Crippen molar-refractivity contribution in [3.05, 3.63) is 71.2 Å². The number of fused-ring (bicyclic) bond motifs is 3. The highest BCUT2D eigenvalue weighted by Crippen LogP contribution is 2.35. The number of halogens is 1. The zero-order valence-corrected chi connectivity index (χ0v) is 15.9. The number of ketones is 1. The van der Waals surface area contributed by atoms with E-state index in [0.29, 0.717) is 11.9 Å². The summed E-state index contributed by atoms with van der Waals surface area (Å²) in [7, 11) is 1.65. The Kier molecular flexibility index (Phi) is 4.83. The number of nitrogens with zero attached hydrogens (tertiary/aromatic N) is 3. The van der Waals surface area contributed by atoms with Crippen LogP contribution in [0.3, 0.4) is 0 Å². The predicted molar refractivity (Wildman–Crippen MR) is 108 cm³/mol. The van der Waals surface area contributed by atoms with E-state index in [2.05, 4.69) is 9.98 Å². The van der Waals surface area contributed by atoms with Gasteiger partial charge in [0.05, 0.1) is 16.6 Å². The number of amides is 1. The van der Waals surface area contributed by atoms with Crippen molar-refractivity contribution >= 4 is 40.5 Å². The molecule has 8 heteroatoms. The highest BCUT2D eigenvalue weighted by Gasteiger charge is 2.34. The van der Waals surface area contributed by atoms with E-state index < -0.39 is 29.1 Å². The highest BCUT2D eigenvalue weighted by molar-refractivity contribution is 6.24. The first kappa shape index (κ1) is 19.4. The predicted octanol–water partition coefficient (Wildman–Crippen LogP) is 3.25. The number of carboxylic acids is 1. The van der Waals surface area contributed by atoms with Crippen molar-refractivity contribution in [3.63, 3.8) is 0 Å². The van der Waals surface area contributed by atoms with E-state index in [-0.39, 0.29) is 22.7 Å². The average Bonchev–Trinajstić information content (AvgIpc) is 2.73. The normalized spacial score (nSPS) is 15.1. The Morgan fingerprint density at radius 2 is 1.93 bits per heavy atom. The van der Waals surface area contributed by atoms with E-state index >= 15 is 0 Å². The molecule has 0 aliphatic carbocycles. The molecule has 30 heavy (non-hydrogen) atoms. The van der Waals surface area contributed by atoms with E-state index in [1.54, 1.807) is 7.05 Å². The maximum atomic E-state index is 14.7. The van der Waals surface area contributed by atoms with Crippen molar-refractivity contribution < 1.29 is 23.9 Å². The topological polar surface area (TPSA) is 99.9 Å². The zero-order chi connectivity index (χ0) is 21.4. The van der Waals surface area contributed by atoms with E-state index in [1.807, 2.05) is 30.3 Å². The number of rotatable bonds is 4. The van der Waals surface area contributed by atoms with E-state index in [0.717, 1.165) is 17.8 Å². The van der Waals surface area contributed by atoms with Crippen LogP contribution in [-0.4, -0.2) is 45.9 Å². The summed E-state index contributed by atoms with van der Waals surface area (Å²) >= 11 is 0. The Labute approximate surface area is 170 Å². The molecule has 0 radical (unpaired) electrons. The van der Waals surface area contributed by atoms with Gasteiger partial charge in [0.2, 0.25) is 0 Å². The highest BCUT2D eigenvalue weighted by atomic mass is 19.1. The van der Waals surface area contributed by atoms with Crippen LogP contribution < -0.4 is 0 Å². The maximum absolute atomic E-state index is 14.7. The first-order chi connectivity index (χ1) is 14.4. The van der Waals surface area contributed by atoms with Gasteiger partial charge in [-0.1, -0.05) is 30.3 Å². The van der Waals surface area contributed by atoms with Gasteiger partial charge in [-0.2, -0.15) is 0 Å². The summed E-state index contributed by atoms with van der Waals surface area (Å²) < 4.78 is 14.7. The molecule has 0 saturated carbocycles. The van der Waals surface area contributed by atoms with Crippen molar-refractivity contribution in [2.75, 3.05) is 7.05 Å². The molecule has 2 aromatic carbocycles. The van der Waals surface area contributed by atoms with Crippen molar-refractivity contribution in [2.24, 2.45) is 10.9 Å². The minimum absolute atomic E-state index is 0.0239. The Bertz CT molecular complexity index is 1220. The molecule has 2 heterocycles. The molecule has 1 amide bonds. The summed E-state index contributed by atoms with van der Waals surface area (Å²) in [5.41, 5.74) is 1.02. The van der Waals surface area contributed by atoms with Crippen LogP contribution in [-0.2, 0) is 11.3 Å². The van der Waals surface area contributed by atoms with Crippen molar-refractivity contribution in [1.29, 1.82) is 0 Å². The number of carboxylic acid groups (broad SMARTS) is 1. The molecular formula is C22H16FN3O4. The van der Waals surface area contributed by atoms with Crippen molar-refractivity contribution in [1.82, 2.24) is 9.88 Å². The summed E-state index contributed by atoms with van der Waals surface area (Å²) in [5.74, 6) is -5.00. The quantitative estimate of drug-likeness (QED) is 0.672. The Morgan fingerprint density at radius 3 is 2.63 bits per heavy atom. The van der Waals surface area contributed by atoms with Crippen molar-refractivity contribution in [3.8, 4) is 0 Å². The van der Waals surface area contributed by atoms with E-state index in [1.165, 1.54) is 17.2 Å². The molecule has 3 aromatic rings. The van der Waals surface area contributed by atoms with Gasteiger partial charge < -0.3 is 10.0 Å². The number of hydrogen-bond acceptors (Lipinski definition) is 5. The minimum atomic E-state index is -1.53. The third kappa shape index (κ3) is 3.32. The van der Waals surface area contributed by atoms with Crippen LogP contribution in [0.4, 0.5) is 10.1 Å². The van der Waals surface area contributed by atoms with Gasteiger partial charge in [-0.3, -0.25) is 24.4 Å². The summed E-state index contributed by atoms with van der Waals surface area (Å²) in [6.45, 7) is 0.394. The smallest absolute Gasteiger partial charge is 0.319 e. The third-order valence-corrected chi connectivity index (χ3v) is 4.90. The molecule has 150 valence electrons. The van der Waals surface area contributed by atoms with E-state index in [4.69, 9.17) is 5.11 Å². The molecule has 1 aromatic heterocycles. The minimum Gasteiger partial charge on any atom is -0.480 e. The lowest BCUT2D eigenvalue weighted by Gasteiger charge is -2.19. The van der Waals surface area contributed by atoms with E-state index in [9.17, 15) is 18.8 Å². The molecular weight excluding hydrogens is 389 g/mol. The van der Waals surface area contributed by atoms with Gasteiger partial charge in [-0.25, -0.2) is 4.39 Å². The lowest BCUT2D eigenvalue weighted by Crippen LogP contribution is -2.28. The Balaban J connectivity index is 1.70. The number of benzene rings is 2. The zero-order valence-electron chi connectivity index (χ0n) is 15.9. The van der Waals surface area contributed by atoms with Gasteiger partial charge in [0.25, 0.3) is 5.91 Å². The Hall–Kier alpha value is -3.94. The number of aromatic nitrogens is 1. The molecule has 4 rings (SSSR count). The lowest BCUT2D eigenvalue weighted by molar-refractivity contribution is -0.137. The summed E-state index contributed by atoms with van der Waals surface area (Å²) in [6.07, 6.45) is 2.31. The number of carbonyl (C=O) groups is 3. The van der Waals surface area contributed by atoms with Crippen molar-refractivity contribution in [2.45, 2.75) is 6.54 Å².